The lowest BCUT2D eigenvalue weighted by Gasteiger charge is -2.11. The zero-order chi connectivity index (χ0) is 19.2. The van der Waals surface area contributed by atoms with Crippen LogP contribution in [0, 0.1) is 0 Å². The Balaban J connectivity index is 2.04. The molecule has 0 aliphatic rings. The molecule has 140 valence electrons. The van der Waals surface area contributed by atoms with Gasteiger partial charge in [0.2, 0.25) is 0 Å². The van der Waals surface area contributed by atoms with E-state index in [2.05, 4.69) is 20.7 Å². The number of rotatable bonds is 8. The van der Waals surface area contributed by atoms with Crippen LogP contribution in [0.3, 0.4) is 0 Å². The summed E-state index contributed by atoms with van der Waals surface area (Å²) in [6.45, 7) is 0.236. The molecule has 0 aromatic heterocycles. The van der Waals surface area contributed by atoms with Gasteiger partial charge in [-0.15, -0.1) is 0 Å². The van der Waals surface area contributed by atoms with Crippen LogP contribution < -0.4 is 4.74 Å². The molecule has 6 nitrogen and oxygen atoms in total. The van der Waals surface area contributed by atoms with Gasteiger partial charge in [0.15, 0.2) is 0 Å². The van der Waals surface area contributed by atoms with Gasteiger partial charge in [0.05, 0.1) is 26.4 Å². The molecule has 0 bridgehead atoms. The number of hydrogen-bond acceptors (Lipinski definition) is 6. The average molecular weight is 443 g/mol. The molecule has 2 rings (SSSR count). The van der Waals surface area contributed by atoms with Crippen LogP contribution >= 0.6 is 15.9 Å². The minimum absolute atomic E-state index is 0.0473. The smallest absolute Gasteiger partial charge is 0.309 e. The van der Waals surface area contributed by atoms with E-state index in [0.29, 0.717) is 11.3 Å². The highest BCUT2D eigenvalue weighted by Gasteiger charge is 2.08. The summed E-state index contributed by atoms with van der Waals surface area (Å²) in [7, 11) is -2.14. The van der Waals surface area contributed by atoms with Gasteiger partial charge >= 0.3 is 5.97 Å². The normalized spacial score (nSPS) is 11.2. The number of benzene rings is 2. The van der Waals surface area contributed by atoms with Gasteiger partial charge < -0.3 is 9.47 Å². The predicted molar refractivity (Wildman–Crippen MR) is 100 cm³/mol. The van der Waals surface area contributed by atoms with E-state index in [4.69, 9.17) is 8.92 Å². The fourth-order valence-corrected chi connectivity index (χ4v) is 2.86. The van der Waals surface area contributed by atoms with E-state index in [9.17, 15) is 13.2 Å². The standard InChI is InChI=1S/C18H19BrO6S/c1-23-18(20)10-13-6-7-17(19)15(8-13)12-24-16-5-3-4-14(9-16)11-25-26(2,21)22/h3-9H,10-12H2,1-2H3. The Bertz CT molecular complexity index is 879. The second-order valence-corrected chi connectivity index (χ2v) is 8.08. The van der Waals surface area contributed by atoms with E-state index < -0.39 is 10.1 Å². The summed E-state index contributed by atoms with van der Waals surface area (Å²) in [5, 5.41) is 0. The molecule has 0 heterocycles. The monoisotopic (exact) mass is 442 g/mol. The summed E-state index contributed by atoms with van der Waals surface area (Å²) in [6.07, 6.45) is 1.20. The predicted octanol–water partition coefficient (Wildman–Crippen LogP) is 3.22. The number of carbonyl (C=O) groups excluding carboxylic acids is 1. The van der Waals surface area contributed by atoms with Crippen molar-refractivity contribution in [2.24, 2.45) is 0 Å². The summed E-state index contributed by atoms with van der Waals surface area (Å²) in [4.78, 5) is 11.4. The van der Waals surface area contributed by atoms with Crippen molar-refractivity contribution in [3.8, 4) is 5.75 Å². The van der Waals surface area contributed by atoms with Gasteiger partial charge in [-0.2, -0.15) is 8.42 Å². The number of halogens is 1. The fourth-order valence-electron chi connectivity index (χ4n) is 2.15. The number of hydrogen-bond donors (Lipinski definition) is 0. The highest BCUT2D eigenvalue weighted by atomic mass is 79.9. The zero-order valence-corrected chi connectivity index (χ0v) is 16.8. The topological polar surface area (TPSA) is 78.9 Å². The molecule has 8 heteroatoms. The van der Waals surface area contributed by atoms with Gasteiger partial charge in [0.1, 0.15) is 12.4 Å². The van der Waals surface area contributed by atoms with Crippen molar-refractivity contribution < 1.29 is 26.9 Å². The van der Waals surface area contributed by atoms with Crippen molar-refractivity contribution >= 4 is 32.0 Å². The molecule has 0 N–H and O–H groups in total. The second-order valence-electron chi connectivity index (χ2n) is 5.58. The first-order valence-electron chi connectivity index (χ1n) is 7.67. The van der Waals surface area contributed by atoms with E-state index in [1.165, 1.54) is 7.11 Å². The summed E-state index contributed by atoms with van der Waals surface area (Å²) >= 11 is 3.47. The van der Waals surface area contributed by atoms with Gasteiger partial charge in [-0.25, -0.2) is 0 Å². The number of carbonyl (C=O) groups is 1. The van der Waals surface area contributed by atoms with Crippen molar-refractivity contribution in [1.82, 2.24) is 0 Å². The van der Waals surface area contributed by atoms with Crippen molar-refractivity contribution in [2.45, 2.75) is 19.6 Å². The van der Waals surface area contributed by atoms with Gasteiger partial charge in [-0.1, -0.05) is 40.2 Å². The molecule has 0 spiro atoms. The van der Waals surface area contributed by atoms with Crippen LogP contribution in [0.1, 0.15) is 16.7 Å². The van der Waals surface area contributed by atoms with Crippen molar-refractivity contribution in [3.63, 3.8) is 0 Å². The molecule has 0 aliphatic heterocycles. The Hall–Kier alpha value is -1.90. The van der Waals surface area contributed by atoms with E-state index in [1.54, 1.807) is 24.3 Å². The van der Waals surface area contributed by atoms with Crippen LogP contribution in [0.15, 0.2) is 46.9 Å². The Morgan fingerprint density at radius 1 is 1.08 bits per heavy atom. The van der Waals surface area contributed by atoms with Crippen LogP contribution in [-0.2, 0) is 43.5 Å². The third-order valence-electron chi connectivity index (χ3n) is 3.42. The molecule has 0 fully saturated rings. The molecule has 0 saturated carbocycles. The summed E-state index contributed by atoms with van der Waals surface area (Å²) in [6, 6.07) is 12.6. The molecular weight excluding hydrogens is 424 g/mol. The van der Waals surface area contributed by atoms with Crippen LogP contribution in [0.4, 0.5) is 0 Å². The summed E-state index contributed by atoms with van der Waals surface area (Å²) in [5.41, 5.74) is 2.39. The molecule has 0 aliphatic carbocycles. The van der Waals surface area contributed by atoms with E-state index in [0.717, 1.165) is 21.9 Å². The molecule has 2 aromatic carbocycles. The van der Waals surface area contributed by atoms with Crippen LogP contribution in [-0.4, -0.2) is 27.8 Å². The summed E-state index contributed by atoms with van der Waals surface area (Å²) in [5.74, 6) is 0.280. The molecular formula is C18H19BrO6S. The zero-order valence-electron chi connectivity index (χ0n) is 14.4. The molecule has 26 heavy (non-hydrogen) atoms. The van der Waals surface area contributed by atoms with E-state index in [1.807, 2.05) is 18.2 Å². The number of esters is 1. The lowest BCUT2D eigenvalue weighted by atomic mass is 10.1. The SMILES string of the molecule is COC(=O)Cc1ccc(Br)c(COc2cccc(COS(C)(=O)=O)c2)c1. The van der Waals surface area contributed by atoms with Crippen LogP contribution in [0.2, 0.25) is 0 Å². The lowest BCUT2D eigenvalue weighted by Crippen LogP contribution is -2.06. The quantitative estimate of drug-likeness (QED) is 0.461. The molecule has 0 saturated heterocycles. The van der Waals surface area contributed by atoms with Gasteiger partial charge in [0, 0.05) is 10.0 Å². The third-order valence-corrected chi connectivity index (χ3v) is 4.74. The third kappa shape index (κ3) is 6.78. The molecule has 0 radical (unpaired) electrons. The van der Waals surface area contributed by atoms with Crippen molar-refractivity contribution in [2.75, 3.05) is 13.4 Å². The second kappa shape index (κ2) is 9.16. The Labute approximate surface area is 161 Å². The van der Waals surface area contributed by atoms with E-state index >= 15 is 0 Å². The largest absolute Gasteiger partial charge is 0.489 e. The Morgan fingerprint density at radius 2 is 1.85 bits per heavy atom. The minimum Gasteiger partial charge on any atom is -0.489 e. The molecule has 0 amide bonds. The number of ether oxygens (including phenoxy) is 2. The molecule has 0 atom stereocenters. The van der Waals surface area contributed by atoms with E-state index in [-0.39, 0.29) is 25.6 Å². The maximum absolute atomic E-state index is 11.4. The van der Waals surface area contributed by atoms with Crippen LogP contribution in [0.25, 0.3) is 0 Å². The first-order chi connectivity index (χ1) is 12.3. The maximum Gasteiger partial charge on any atom is 0.309 e. The Kier molecular flexibility index (Phi) is 7.19. The minimum atomic E-state index is -3.50. The lowest BCUT2D eigenvalue weighted by molar-refractivity contribution is -0.139. The van der Waals surface area contributed by atoms with Crippen LogP contribution in [0.5, 0.6) is 5.75 Å². The van der Waals surface area contributed by atoms with Gasteiger partial charge in [-0.3, -0.25) is 8.98 Å². The number of methoxy groups -OCH3 is 1. The summed E-state index contributed by atoms with van der Waals surface area (Å²) < 4.78 is 38.3. The van der Waals surface area contributed by atoms with Crippen molar-refractivity contribution in [1.29, 1.82) is 0 Å². The fraction of sp³-hybridized carbons (Fsp3) is 0.278. The molecule has 2 aromatic rings. The average Bonchev–Trinajstić information content (AvgIpc) is 2.60. The van der Waals surface area contributed by atoms with Gasteiger partial charge in [0.25, 0.3) is 10.1 Å². The Morgan fingerprint density at radius 3 is 2.54 bits per heavy atom. The maximum atomic E-state index is 11.4. The van der Waals surface area contributed by atoms with Gasteiger partial charge in [-0.05, 0) is 29.3 Å². The first kappa shape index (κ1) is 20.4. The van der Waals surface area contributed by atoms with Crippen molar-refractivity contribution in [3.05, 3.63) is 63.6 Å². The first-order valence-corrected chi connectivity index (χ1v) is 10.3. The highest BCUT2D eigenvalue weighted by molar-refractivity contribution is 9.10. The molecule has 0 unspecified atom stereocenters. The highest BCUT2D eigenvalue weighted by Crippen LogP contribution is 2.22.